The van der Waals surface area contributed by atoms with Gasteiger partial charge in [0.2, 0.25) is 0 Å². The molecule has 0 aliphatic carbocycles. The number of hydrogen-bond donors (Lipinski definition) is 1. The fraction of sp³-hybridized carbons (Fsp3) is 0.400. The van der Waals surface area contributed by atoms with Crippen molar-refractivity contribution in [2.75, 3.05) is 5.01 Å². The Bertz CT molecular complexity index is 716. The van der Waals surface area contributed by atoms with Crippen molar-refractivity contribution in [2.24, 2.45) is 0 Å². The van der Waals surface area contributed by atoms with Crippen LogP contribution in [0.1, 0.15) is 44.5 Å². The lowest BCUT2D eigenvalue weighted by molar-refractivity contribution is -0.371. The third kappa shape index (κ3) is 2.52. The number of nitrogens with zero attached hydrogens (tertiary/aromatic N) is 1. The molecular formula is C20H29N2+. The van der Waals surface area contributed by atoms with E-state index in [1.54, 1.807) is 0 Å². The van der Waals surface area contributed by atoms with Crippen LogP contribution < -0.4 is 10.9 Å². The quantitative estimate of drug-likeness (QED) is 0.816. The van der Waals surface area contributed by atoms with Crippen molar-refractivity contribution in [1.29, 1.82) is 0 Å². The zero-order valence-corrected chi connectivity index (χ0v) is 15.3. The second-order valence-corrected chi connectivity index (χ2v) is 6.62. The van der Waals surface area contributed by atoms with Crippen LogP contribution in [0.2, 0.25) is 0 Å². The highest BCUT2D eigenvalue weighted by atomic mass is 15.4. The van der Waals surface area contributed by atoms with E-state index >= 15 is 0 Å². The molecule has 0 atom stereocenters. The zero-order valence-electron chi connectivity index (χ0n) is 15.3. The van der Waals surface area contributed by atoms with E-state index in [-0.39, 0.29) is 0 Å². The van der Waals surface area contributed by atoms with E-state index in [1.165, 1.54) is 55.9 Å². The summed E-state index contributed by atoms with van der Waals surface area (Å²) in [6, 6.07) is 4.53. The summed E-state index contributed by atoms with van der Waals surface area (Å²) in [5.41, 5.74) is 13.1. The fourth-order valence-corrected chi connectivity index (χ4v) is 3.19. The van der Waals surface area contributed by atoms with Crippen molar-refractivity contribution in [3.8, 4) is 0 Å². The SMILES string of the molecule is Cc1cc(N([NH3+])c2c(C)c(C)cc(C)c2C)c(C)c(C)c1C. The molecule has 0 saturated carbocycles. The molecule has 2 aromatic carbocycles. The van der Waals surface area contributed by atoms with Gasteiger partial charge in [-0.2, -0.15) is 5.01 Å². The first-order valence-corrected chi connectivity index (χ1v) is 7.92. The van der Waals surface area contributed by atoms with Gasteiger partial charge in [0.1, 0.15) is 5.69 Å². The minimum Gasteiger partial charge on any atom is -0.250 e. The van der Waals surface area contributed by atoms with Crippen molar-refractivity contribution in [3.05, 3.63) is 56.6 Å². The Kier molecular flexibility index (Phi) is 4.35. The van der Waals surface area contributed by atoms with Crippen LogP contribution in [0.4, 0.5) is 11.4 Å². The van der Waals surface area contributed by atoms with Crippen LogP contribution >= 0.6 is 0 Å². The summed E-state index contributed by atoms with van der Waals surface area (Å²) in [6.45, 7) is 17.5. The summed E-state index contributed by atoms with van der Waals surface area (Å²) in [7, 11) is 0. The molecule has 2 rings (SSSR count). The Hall–Kier alpha value is -1.80. The van der Waals surface area contributed by atoms with Gasteiger partial charge < -0.3 is 0 Å². The molecule has 2 aromatic rings. The van der Waals surface area contributed by atoms with Gasteiger partial charge in [-0.15, -0.1) is 0 Å². The number of benzene rings is 2. The van der Waals surface area contributed by atoms with Crippen LogP contribution in [0, 0.1) is 55.4 Å². The van der Waals surface area contributed by atoms with Crippen molar-refractivity contribution in [2.45, 2.75) is 55.4 Å². The van der Waals surface area contributed by atoms with Crippen molar-refractivity contribution in [3.63, 3.8) is 0 Å². The molecule has 0 spiro atoms. The molecule has 0 bridgehead atoms. The van der Waals surface area contributed by atoms with Crippen molar-refractivity contribution in [1.82, 2.24) is 0 Å². The predicted octanol–water partition coefficient (Wildman–Crippen LogP) is 4.45. The number of hydrogen-bond acceptors (Lipinski definition) is 1. The molecule has 0 aromatic heterocycles. The van der Waals surface area contributed by atoms with Crippen LogP contribution in [-0.2, 0) is 0 Å². The Balaban J connectivity index is 2.71. The monoisotopic (exact) mass is 297 g/mol. The van der Waals surface area contributed by atoms with Crippen LogP contribution in [0.25, 0.3) is 0 Å². The molecule has 0 amide bonds. The third-order valence-electron chi connectivity index (χ3n) is 5.34. The minimum absolute atomic E-state index is 1.21. The summed E-state index contributed by atoms with van der Waals surface area (Å²) in [6.07, 6.45) is 0. The number of aryl methyl sites for hydroxylation is 3. The molecule has 3 N–H and O–H groups in total. The van der Waals surface area contributed by atoms with Gasteiger partial charge in [-0.3, -0.25) is 5.84 Å². The summed E-state index contributed by atoms with van der Waals surface area (Å²) in [5, 5.41) is 2.12. The summed E-state index contributed by atoms with van der Waals surface area (Å²) >= 11 is 0. The Morgan fingerprint density at radius 1 is 0.591 bits per heavy atom. The molecule has 2 nitrogen and oxygen atoms in total. The van der Waals surface area contributed by atoms with Gasteiger partial charge in [-0.25, -0.2) is 0 Å². The van der Waals surface area contributed by atoms with Crippen LogP contribution in [0.15, 0.2) is 12.1 Å². The lowest BCUT2D eigenvalue weighted by atomic mass is 9.95. The Morgan fingerprint density at radius 3 is 1.55 bits per heavy atom. The van der Waals surface area contributed by atoms with Gasteiger partial charge in [0.15, 0.2) is 0 Å². The van der Waals surface area contributed by atoms with E-state index in [9.17, 15) is 0 Å². The first-order valence-electron chi connectivity index (χ1n) is 7.92. The molecule has 118 valence electrons. The van der Waals surface area contributed by atoms with Crippen LogP contribution in [0.3, 0.4) is 0 Å². The first-order chi connectivity index (χ1) is 10.2. The average Bonchev–Trinajstić information content (AvgIpc) is 2.47. The molecule has 0 saturated heterocycles. The molecule has 2 heteroatoms. The number of anilines is 2. The van der Waals surface area contributed by atoms with Gasteiger partial charge >= 0.3 is 0 Å². The zero-order chi connectivity index (χ0) is 16.8. The maximum Gasteiger partial charge on any atom is 0.100 e. The molecule has 0 heterocycles. The molecule has 0 radical (unpaired) electrons. The summed E-state index contributed by atoms with van der Waals surface area (Å²) < 4.78 is 0. The molecule has 0 unspecified atom stereocenters. The largest absolute Gasteiger partial charge is 0.250 e. The third-order valence-corrected chi connectivity index (χ3v) is 5.34. The van der Waals surface area contributed by atoms with E-state index < -0.39 is 0 Å². The normalized spacial score (nSPS) is 11.0. The second-order valence-electron chi connectivity index (χ2n) is 6.62. The smallest absolute Gasteiger partial charge is 0.100 e. The van der Waals surface area contributed by atoms with E-state index in [2.05, 4.69) is 78.4 Å². The molecule has 22 heavy (non-hydrogen) atoms. The van der Waals surface area contributed by atoms with Crippen LogP contribution in [0.5, 0.6) is 0 Å². The van der Waals surface area contributed by atoms with Gasteiger partial charge in [0, 0.05) is 0 Å². The van der Waals surface area contributed by atoms with Crippen molar-refractivity contribution >= 4 is 11.4 Å². The molecule has 0 aliphatic heterocycles. The Morgan fingerprint density at radius 2 is 1.05 bits per heavy atom. The van der Waals surface area contributed by atoms with Gasteiger partial charge in [-0.05, 0) is 106 Å². The summed E-state index contributed by atoms with van der Waals surface area (Å²) in [4.78, 5) is 0. The highest BCUT2D eigenvalue weighted by molar-refractivity contribution is 5.73. The highest BCUT2D eigenvalue weighted by Crippen LogP contribution is 2.35. The molecule has 0 aliphatic rings. The molecule has 0 fully saturated rings. The first kappa shape index (κ1) is 16.6. The number of quaternary nitrogens is 1. The van der Waals surface area contributed by atoms with E-state index in [1.807, 2.05) is 0 Å². The molecular weight excluding hydrogens is 268 g/mol. The lowest BCUT2D eigenvalue weighted by Crippen LogP contribution is -2.66. The van der Waals surface area contributed by atoms with Gasteiger partial charge in [0.25, 0.3) is 0 Å². The lowest BCUT2D eigenvalue weighted by Gasteiger charge is -2.25. The van der Waals surface area contributed by atoms with E-state index in [0.717, 1.165) is 0 Å². The Labute approximate surface area is 134 Å². The van der Waals surface area contributed by atoms with E-state index in [0.29, 0.717) is 0 Å². The van der Waals surface area contributed by atoms with E-state index in [4.69, 9.17) is 0 Å². The van der Waals surface area contributed by atoms with Gasteiger partial charge in [0.05, 0.1) is 5.69 Å². The van der Waals surface area contributed by atoms with Crippen LogP contribution in [-0.4, -0.2) is 0 Å². The standard InChI is InChI=1S/C20H28N2/c1-11-9-12(2)16(6)20(15(11)5)22(21)19-10-13(3)14(4)17(7)18(19)8/h9-10H,21H2,1-8H3/p+1. The predicted molar refractivity (Wildman–Crippen MR) is 95.8 cm³/mol. The topological polar surface area (TPSA) is 30.9 Å². The van der Waals surface area contributed by atoms with Crippen molar-refractivity contribution < 1.29 is 5.84 Å². The highest BCUT2D eigenvalue weighted by Gasteiger charge is 2.20. The summed E-state index contributed by atoms with van der Waals surface area (Å²) in [5.74, 6) is 4.39. The second kappa shape index (κ2) is 5.77. The minimum atomic E-state index is 1.21. The fourth-order valence-electron chi connectivity index (χ4n) is 3.19. The number of rotatable bonds is 2. The maximum absolute atomic E-state index is 4.39. The average molecular weight is 297 g/mol. The maximum atomic E-state index is 4.39. The van der Waals surface area contributed by atoms with Gasteiger partial charge in [-0.1, -0.05) is 6.07 Å².